The van der Waals surface area contributed by atoms with E-state index in [9.17, 15) is 9.18 Å². The normalized spacial score (nSPS) is 13.4. The van der Waals surface area contributed by atoms with Gasteiger partial charge in [-0.1, -0.05) is 35.3 Å². The van der Waals surface area contributed by atoms with E-state index in [1.807, 2.05) is 19.9 Å². The van der Waals surface area contributed by atoms with Gasteiger partial charge in [0.05, 0.1) is 16.7 Å². The highest BCUT2D eigenvalue weighted by Crippen LogP contribution is 2.40. The fourth-order valence-corrected chi connectivity index (χ4v) is 4.10. The molecule has 0 amide bonds. The monoisotopic (exact) mass is 450 g/mol. The molecule has 3 aromatic rings. The Morgan fingerprint density at radius 2 is 1.67 bits per heavy atom. The maximum Gasteiger partial charge on any atom is 0.276 e. The van der Waals surface area contributed by atoms with Crippen molar-refractivity contribution < 1.29 is 13.9 Å². The molecule has 0 bridgehead atoms. The first kappa shape index (κ1) is 20.8. The van der Waals surface area contributed by atoms with E-state index < -0.39 is 5.82 Å². The predicted octanol–water partition coefficient (Wildman–Crippen LogP) is 6.14. The zero-order valence-electron chi connectivity index (χ0n) is 16.6. The molecule has 2 aromatic carbocycles. The first-order chi connectivity index (χ1) is 14.4. The van der Waals surface area contributed by atoms with Gasteiger partial charge in [-0.3, -0.25) is 9.48 Å². The summed E-state index contributed by atoms with van der Waals surface area (Å²) in [7, 11) is 0. The minimum Gasteiger partial charge on any atom is -0.487 e. The number of benzene rings is 2. The Labute approximate surface area is 183 Å². The molecule has 1 aliphatic rings. The van der Waals surface area contributed by atoms with Crippen LogP contribution in [0.2, 0.25) is 10.2 Å². The van der Waals surface area contributed by atoms with Gasteiger partial charge in [0.2, 0.25) is 0 Å². The Hall–Kier alpha value is -2.44. The lowest BCUT2D eigenvalue weighted by atomic mass is 10.1. The van der Waals surface area contributed by atoms with E-state index in [0.717, 1.165) is 18.9 Å². The van der Waals surface area contributed by atoms with Crippen LogP contribution in [0.1, 0.15) is 26.7 Å². The molecule has 0 saturated carbocycles. The highest BCUT2D eigenvalue weighted by atomic mass is 35.5. The molecule has 0 spiro atoms. The lowest BCUT2D eigenvalue weighted by molar-refractivity contribution is 0.233. The van der Waals surface area contributed by atoms with Gasteiger partial charge in [-0.2, -0.15) is 0 Å². The Morgan fingerprint density at radius 1 is 1.00 bits per heavy atom. The van der Waals surface area contributed by atoms with Gasteiger partial charge < -0.3 is 9.47 Å². The molecule has 0 saturated heterocycles. The average Bonchev–Trinajstić information content (AvgIpc) is 2.96. The van der Waals surface area contributed by atoms with Gasteiger partial charge in [-0.05, 0) is 51.0 Å². The summed E-state index contributed by atoms with van der Waals surface area (Å²) in [5, 5.41) is 0.297. The quantitative estimate of drug-likeness (QED) is 0.469. The van der Waals surface area contributed by atoms with Crippen LogP contribution in [0.5, 0.6) is 17.2 Å². The number of ether oxygens (including phenoxy) is 2. The van der Waals surface area contributed by atoms with E-state index >= 15 is 0 Å². The molecule has 0 radical (unpaired) electrons. The van der Waals surface area contributed by atoms with E-state index in [2.05, 4.69) is 0 Å². The van der Waals surface area contributed by atoms with E-state index in [-0.39, 0.29) is 38.7 Å². The summed E-state index contributed by atoms with van der Waals surface area (Å²) in [6.07, 6.45) is 1.74. The number of para-hydroxylation sites is 2. The maximum absolute atomic E-state index is 14.8. The van der Waals surface area contributed by atoms with Gasteiger partial charge in [0.1, 0.15) is 16.7 Å². The average molecular weight is 451 g/mol. The second-order valence-corrected chi connectivity index (χ2v) is 8.17. The van der Waals surface area contributed by atoms with Crippen LogP contribution in [0.25, 0.3) is 11.1 Å². The van der Waals surface area contributed by atoms with E-state index in [0.29, 0.717) is 24.6 Å². The lowest BCUT2D eigenvalue weighted by Gasteiger charge is -2.17. The lowest BCUT2D eigenvalue weighted by Crippen LogP contribution is -2.27. The van der Waals surface area contributed by atoms with E-state index in [1.54, 1.807) is 27.6 Å². The number of hydrogen-bond acceptors (Lipinski definition) is 3. The third-order valence-electron chi connectivity index (χ3n) is 4.89. The highest BCUT2D eigenvalue weighted by molar-refractivity contribution is 6.33. The minimum atomic E-state index is -0.637. The molecule has 158 valence electrons. The van der Waals surface area contributed by atoms with Gasteiger partial charge in [-0.15, -0.1) is 0 Å². The van der Waals surface area contributed by atoms with Crippen LogP contribution < -0.4 is 15.0 Å². The SMILES string of the molecule is CC(C)Oc1ccccc1Oc1cc(-c2c(Cl)n3n(c2=O)CCCC3)c(F)cc1Cl. The molecular formula is C22H21Cl2FN2O3. The van der Waals surface area contributed by atoms with E-state index in [1.165, 1.54) is 6.07 Å². The van der Waals surface area contributed by atoms with E-state index in [4.69, 9.17) is 32.7 Å². The summed E-state index contributed by atoms with van der Waals surface area (Å²) < 4.78 is 29.8. The first-order valence-electron chi connectivity index (χ1n) is 9.79. The summed E-state index contributed by atoms with van der Waals surface area (Å²) in [6, 6.07) is 9.68. The van der Waals surface area contributed by atoms with Crippen molar-refractivity contribution in [1.29, 1.82) is 0 Å². The standard InChI is InChI=1S/C22H21Cl2FN2O3/c1-13(2)29-17-7-3-4-8-18(17)30-19-11-14(16(25)12-15(19)23)20-21(24)26-9-5-6-10-27(26)22(20)28/h3-4,7-8,11-13H,5-6,9-10H2,1-2H3. The van der Waals surface area contributed by atoms with Crippen LogP contribution in [0.4, 0.5) is 4.39 Å². The van der Waals surface area contributed by atoms with Crippen LogP contribution in [0, 0.1) is 5.82 Å². The molecule has 0 atom stereocenters. The molecule has 1 aliphatic heterocycles. The number of halogens is 3. The zero-order chi connectivity index (χ0) is 21.4. The molecule has 30 heavy (non-hydrogen) atoms. The molecule has 5 nitrogen and oxygen atoms in total. The molecule has 1 aromatic heterocycles. The maximum atomic E-state index is 14.8. The number of nitrogens with zero attached hydrogens (tertiary/aromatic N) is 2. The Kier molecular flexibility index (Phi) is 5.80. The molecule has 8 heteroatoms. The number of rotatable bonds is 5. The number of aromatic nitrogens is 2. The third kappa shape index (κ3) is 3.82. The molecule has 0 fully saturated rings. The van der Waals surface area contributed by atoms with Gasteiger partial charge in [0.25, 0.3) is 5.56 Å². The fraction of sp³-hybridized carbons (Fsp3) is 0.318. The van der Waals surface area contributed by atoms with Gasteiger partial charge in [0, 0.05) is 18.7 Å². The molecule has 0 unspecified atom stereocenters. The summed E-state index contributed by atoms with van der Waals surface area (Å²) in [4.78, 5) is 12.9. The summed E-state index contributed by atoms with van der Waals surface area (Å²) in [5.74, 6) is 0.538. The Morgan fingerprint density at radius 3 is 2.33 bits per heavy atom. The van der Waals surface area contributed by atoms with Crippen molar-refractivity contribution in [2.75, 3.05) is 0 Å². The number of hydrogen-bond donors (Lipinski definition) is 0. The summed E-state index contributed by atoms with van der Waals surface area (Å²) in [5.41, 5.74) is -0.152. The first-order valence-corrected chi connectivity index (χ1v) is 10.5. The minimum absolute atomic E-state index is 0.0551. The zero-order valence-corrected chi connectivity index (χ0v) is 18.1. The summed E-state index contributed by atoms with van der Waals surface area (Å²) in [6.45, 7) is 4.98. The third-order valence-corrected chi connectivity index (χ3v) is 5.56. The second kappa shape index (κ2) is 8.36. The molecule has 0 aliphatic carbocycles. The molecule has 0 N–H and O–H groups in total. The largest absolute Gasteiger partial charge is 0.487 e. The van der Waals surface area contributed by atoms with Crippen molar-refractivity contribution in [1.82, 2.24) is 9.36 Å². The molecule has 2 heterocycles. The van der Waals surface area contributed by atoms with Crippen molar-refractivity contribution in [3.05, 3.63) is 62.7 Å². The van der Waals surface area contributed by atoms with Crippen LogP contribution in [-0.4, -0.2) is 15.5 Å². The van der Waals surface area contributed by atoms with Crippen molar-refractivity contribution in [3.63, 3.8) is 0 Å². The molecule has 4 rings (SSSR count). The second-order valence-electron chi connectivity index (χ2n) is 7.40. The Bertz CT molecular complexity index is 1150. The van der Waals surface area contributed by atoms with Crippen LogP contribution in [-0.2, 0) is 13.1 Å². The van der Waals surface area contributed by atoms with Crippen LogP contribution >= 0.6 is 23.2 Å². The van der Waals surface area contributed by atoms with Crippen LogP contribution in [0.3, 0.4) is 0 Å². The topological polar surface area (TPSA) is 45.4 Å². The van der Waals surface area contributed by atoms with Gasteiger partial charge in [-0.25, -0.2) is 9.07 Å². The summed E-state index contributed by atoms with van der Waals surface area (Å²) >= 11 is 12.7. The van der Waals surface area contributed by atoms with Crippen molar-refractivity contribution >= 4 is 23.2 Å². The Balaban J connectivity index is 1.79. The predicted molar refractivity (Wildman–Crippen MR) is 116 cm³/mol. The van der Waals surface area contributed by atoms with Crippen LogP contribution in [0.15, 0.2) is 41.2 Å². The fourth-order valence-electron chi connectivity index (χ4n) is 3.56. The van der Waals surface area contributed by atoms with Crippen molar-refractivity contribution in [2.45, 2.75) is 45.9 Å². The number of fused-ring (bicyclic) bond motifs is 1. The van der Waals surface area contributed by atoms with Gasteiger partial charge >= 0.3 is 0 Å². The van der Waals surface area contributed by atoms with Crippen molar-refractivity contribution in [2.24, 2.45) is 0 Å². The highest BCUT2D eigenvalue weighted by Gasteiger charge is 2.25. The van der Waals surface area contributed by atoms with Gasteiger partial charge in [0.15, 0.2) is 11.5 Å². The van der Waals surface area contributed by atoms with Crippen molar-refractivity contribution in [3.8, 4) is 28.4 Å². The molecular weight excluding hydrogens is 430 g/mol. The smallest absolute Gasteiger partial charge is 0.276 e.